The number of aryl methyl sites for hydroxylation is 3. The number of carbonyl (C=O) groups is 1. The second kappa shape index (κ2) is 8.55. The molecular weight excluding hydrogens is 410 g/mol. The molecule has 1 amide bonds. The number of fused-ring (bicyclic) bond motifs is 3. The summed E-state index contributed by atoms with van der Waals surface area (Å²) in [7, 11) is 0. The molecule has 1 saturated heterocycles. The predicted octanol–water partition coefficient (Wildman–Crippen LogP) is 3.61. The Morgan fingerprint density at radius 3 is 2.97 bits per heavy atom. The molecular formula is C24H27N3O3S. The molecule has 1 aliphatic carbocycles. The van der Waals surface area contributed by atoms with E-state index < -0.39 is 0 Å². The zero-order valence-electron chi connectivity index (χ0n) is 17.8. The molecule has 7 heteroatoms. The van der Waals surface area contributed by atoms with Crippen molar-refractivity contribution < 1.29 is 9.53 Å². The van der Waals surface area contributed by atoms with Crippen molar-refractivity contribution >= 4 is 27.5 Å². The van der Waals surface area contributed by atoms with Crippen LogP contribution >= 0.6 is 11.3 Å². The number of ether oxygens (including phenoxy) is 1. The van der Waals surface area contributed by atoms with E-state index in [2.05, 4.69) is 5.32 Å². The van der Waals surface area contributed by atoms with Gasteiger partial charge in [-0.2, -0.15) is 0 Å². The third-order valence-corrected chi connectivity index (χ3v) is 7.39. The Bertz CT molecular complexity index is 1190. The molecule has 0 saturated carbocycles. The Morgan fingerprint density at radius 1 is 1.29 bits per heavy atom. The minimum atomic E-state index is -0.184. The smallest absolute Gasteiger partial charge is 0.263 e. The van der Waals surface area contributed by atoms with Gasteiger partial charge >= 0.3 is 0 Å². The first kappa shape index (κ1) is 20.4. The summed E-state index contributed by atoms with van der Waals surface area (Å²) in [5.74, 6) is 0.379. The lowest BCUT2D eigenvalue weighted by atomic mass is 9.97. The lowest BCUT2D eigenvalue weighted by molar-refractivity contribution is -0.122. The van der Waals surface area contributed by atoms with Crippen molar-refractivity contribution in [3.05, 3.63) is 50.6 Å². The summed E-state index contributed by atoms with van der Waals surface area (Å²) in [6, 6.07) is 7.95. The van der Waals surface area contributed by atoms with Crippen LogP contribution in [-0.4, -0.2) is 34.7 Å². The van der Waals surface area contributed by atoms with Crippen molar-refractivity contribution in [1.82, 2.24) is 14.9 Å². The van der Waals surface area contributed by atoms with Crippen LogP contribution < -0.4 is 10.9 Å². The van der Waals surface area contributed by atoms with Gasteiger partial charge in [0.2, 0.25) is 5.91 Å². The molecule has 2 aromatic heterocycles. The average Bonchev–Trinajstić information content (AvgIpc) is 3.41. The molecule has 3 aromatic rings. The number of rotatable bonds is 5. The summed E-state index contributed by atoms with van der Waals surface area (Å²) in [5, 5.41) is 3.66. The normalized spacial score (nSPS) is 18.3. The topological polar surface area (TPSA) is 73.2 Å². The second-order valence-corrected chi connectivity index (χ2v) is 9.61. The van der Waals surface area contributed by atoms with Crippen molar-refractivity contribution in [3.8, 4) is 11.4 Å². The fourth-order valence-corrected chi connectivity index (χ4v) is 5.87. The van der Waals surface area contributed by atoms with Gasteiger partial charge in [-0.1, -0.05) is 23.8 Å². The van der Waals surface area contributed by atoms with Crippen LogP contribution in [0.2, 0.25) is 0 Å². The van der Waals surface area contributed by atoms with Crippen LogP contribution in [-0.2, 0) is 28.9 Å². The Labute approximate surface area is 185 Å². The lowest BCUT2D eigenvalue weighted by Crippen LogP contribution is -2.37. The average molecular weight is 438 g/mol. The van der Waals surface area contributed by atoms with Gasteiger partial charge in [0.05, 0.1) is 11.5 Å². The van der Waals surface area contributed by atoms with E-state index in [1.807, 2.05) is 31.2 Å². The summed E-state index contributed by atoms with van der Waals surface area (Å²) in [6.07, 6.45) is 6.24. The van der Waals surface area contributed by atoms with E-state index in [9.17, 15) is 9.59 Å². The van der Waals surface area contributed by atoms with Crippen LogP contribution in [0.25, 0.3) is 21.6 Å². The zero-order chi connectivity index (χ0) is 21.4. The standard InChI is InChI=1S/C24H27N3O3S/c1-15-6-4-7-16(12-15)22-26-23-21(18-9-2-3-10-19(18)31-23)24(29)27(22)14-20(28)25-13-17-8-5-11-30-17/h4,6-7,12,17H,2-3,5,8-11,13-14H2,1H3,(H,25,28). The maximum Gasteiger partial charge on any atom is 0.263 e. The monoisotopic (exact) mass is 437 g/mol. The van der Waals surface area contributed by atoms with Crippen molar-refractivity contribution in [3.63, 3.8) is 0 Å². The number of amides is 1. The SMILES string of the molecule is Cc1cccc(-c2nc3sc4c(c3c(=O)n2CC(=O)NCC2CCCO2)CCCC4)c1. The molecule has 1 fully saturated rings. The van der Waals surface area contributed by atoms with Gasteiger partial charge in [-0.3, -0.25) is 14.2 Å². The van der Waals surface area contributed by atoms with Crippen LogP contribution in [0.4, 0.5) is 0 Å². The maximum absolute atomic E-state index is 13.7. The summed E-state index contributed by atoms with van der Waals surface area (Å²) in [4.78, 5) is 33.4. The van der Waals surface area contributed by atoms with Gasteiger partial charge in [-0.25, -0.2) is 4.98 Å². The summed E-state index contributed by atoms with van der Waals surface area (Å²) in [6.45, 7) is 3.21. The molecule has 2 aliphatic rings. The van der Waals surface area contributed by atoms with Crippen LogP contribution in [0.1, 0.15) is 41.7 Å². The molecule has 1 aliphatic heterocycles. The predicted molar refractivity (Wildman–Crippen MR) is 123 cm³/mol. The number of nitrogens with one attached hydrogen (secondary N) is 1. The summed E-state index contributed by atoms with van der Waals surface area (Å²) in [5.41, 5.74) is 2.99. The molecule has 1 atom stereocenters. The highest BCUT2D eigenvalue weighted by Crippen LogP contribution is 2.34. The number of benzene rings is 1. The highest BCUT2D eigenvalue weighted by atomic mass is 32.1. The highest BCUT2D eigenvalue weighted by molar-refractivity contribution is 7.18. The summed E-state index contributed by atoms with van der Waals surface area (Å²) < 4.78 is 7.16. The Kier molecular flexibility index (Phi) is 5.63. The molecule has 1 N–H and O–H groups in total. The third kappa shape index (κ3) is 4.04. The number of aromatic nitrogens is 2. The van der Waals surface area contributed by atoms with Crippen molar-refractivity contribution in [2.24, 2.45) is 0 Å². The van der Waals surface area contributed by atoms with E-state index in [4.69, 9.17) is 9.72 Å². The number of nitrogens with zero attached hydrogens (tertiary/aromatic N) is 2. The van der Waals surface area contributed by atoms with E-state index in [0.717, 1.165) is 66.7 Å². The highest BCUT2D eigenvalue weighted by Gasteiger charge is 2.24. The van der Waals surface area contributed by atoms with Gasteiger partial charge in [-0.15, -0.1) is 11.3 Å². The van der Waals surface area contributed by atoms with Crippen LogP contribution in [0.5, 0.6) is 0 Å². The maximum atomic E-state index is 13.7. The molecule has 0 bridgehead atoms. The Balaban J connectivity index is 1.56. The fourth-order valence-electron chi connectivity index (χ4n) is 4.62. The fraction of sp³-hybridized carbons (Fsp3) is 0.458. The molecule has 6 nitrogen and oxygen atoms in total. The van der Waals surface area contributed by atoms with E-state index in [0.29, 0.717) is 17.8 Å². The first-order valence-corrected chi connectivity index (χ1v) is 11.9. The minimum Gasteiger partial charge on any atom is -0.376 e. The van der Waals surface area contributed by atoms with Gasteiger partial charge in [0.25, 0.3) is 5.56 Å². The van der Waals surface area contributed by atoms with Crippen molar-refractivity contribution in [2.45, 2.75) is 58.1 Å². The number of thiophene rings is 1. The molecule has 0 radical (unpaired) electrons. The quantitative estimate of drug-likeness (QED) is 0.662. The van der Waals surface area contributed by atoms with Crippen LogP contribution in [0, 0.1) is 6.92 Å². The first-order chi connectivity index (χ1) is 15.1. The van der Waals surface area contributed by atoms with Gasteiger partial charge in [-0.05, 0) is 57.1 Å². The number of carbonyl (C=O) groups excluding carboxylic acids is 1. The number of hydrogen-bond donors (Lipinski definition) is 1. The van der Waals surface area contributed by atoms with Crippen LogP contribution in [0.15, 0.2) is 29.1 Å². The molecule has 162 valence electrons. The van der Waals surface area contributed by atoms with Gasteiger partial charge < -0.3 is 10.1 Å². The number of hydrogen-bond acceptors (Lipinski definition) is 5. The molecule has 31 heavy (non-hydrogen) atoms. The third-order valence-electron chi connectivity index (χ3n) is 6.20. The lowest BCUT2D eigenvalue weighted by Gasteiger charge is -2.15. The van der Waals surface area contributed by atoms with Crippen LogP contribution in [0.3, 0.4) is 0 Å². The van der Waals surface area contributed by atoms with Crippen molar-refractivity contribution in [2.75, 3.05) is 13.2 Å². The van der Waals surface area contributed by atoms with E-state index in [-0.39, 0.29) is 24.1 Å². The Morgan fingerprint density at radius 2 is 2.16 bits per heavy atom. The second-order valence-electron chi connectivity index (χ2n) is 8.53. The molecule has 0 spiro atoms. The van der Waals surface area contributed by atoms with E-state index in [1.54, 1.807) is 15.9 Å². The van der Waals surface area contributed by atoms with Gasteiger partial charge in [0.15, 0.2) is 0 Å². The van der Waals surface area contributed by atoms with Gasteiger partial charge in [0.1, 0.15) is 17.2 Å². The largest absolute Gasteiger partial charge is 0.376 e. The molecule has 5 rings (SSSR count). The van der Waals surface area contributed by atoms with Crippen molar-refractivity contribution in [1.29, 1.82) is 0 Å². The Hall–Kier alpha value is -2.51. The minimum absolute atomic E-state index is 0.0393. The first-order valence-electron chi connectivity index (χ1n) is 11.1. The summed E-state index contributed by atoms with van der Waals surface area (Å²) >= 11 is 1.64. The van der Waals surface area contributed by atoms with E-state index >= 15 is 0 Å². The van der Waals surface area contributed by atoms with E-state index in [1.165, 1.54) is 4.88 Å². The molecule has 1 unspecified atom stereocenters. The zero-order valence-corrected chi connectivity index (χ0v) is 18.6. The molecule has 3 heterocycles. The van der Waals surface area contributed by atoms with Gasteiger partial charge in [0, 0.05) is 23.6 Å². The molecule has 1 aromatic carbocycles.